The van der Waals surface area contributed by atoms with Crippen LogP contribution in [0.5, 0.6) is 0 Å². The zero-order chi connectivity index (χ0) is 21.3. The number of carbonyl (C=O) groups is 2. The molecule has 0 amide bonds. The minimum atomic E-state index is -1.93. The molecule has 0 saturated carbocycles. The number of esters is 1. The summed E-state index contributed by atoms with van der Waals surface area (Å²) in [6, 6.07) is 12.3. The molecule has 1 saturated heterocycles. The van der Waals surface area contributed by atoms with Gasteiger partial charge in [-0.15, -0.1) is 0 Å². The molecule has 1 aliphatic rings. The fourth-order valence-electron chi connectivity index (χ4n) is 3.49. The average Bonchev–Trinajstić information content (AvgIpc) is 2.71. The number of hydrogen-bond acceptors (Lipinski definition) is 5. The third kappa shape index (κ3) is 3.83. The molecule has 2 N–H and O–H groups in total. The highest BCUT2D eigenvalue weighted by Gasteiger charge is 2.56. The first-order valence-electron chi connectivity index (χ1n) is 8.60. The van der Waals surface area contributed by atoms with E-state index >= 15 is 0 Å². The molecule has 2 aromatic carbocycles. The van der Waals surface area contributed by atoms with Gasteiger partial charge in [-0.25, -0.2) is 4.79 Å². The third-order valence-electron chi connectivity index (χ3n) is 5.03. The molecule has 29 heavy (non-hydrogen) atoms. The van der Waals surface area contributed by atoms with E-state index < -0.39 is 29.4 Å². The first-order chi connectivity index (χ1) is 13.7. The quantitative estimate of drug-likeness (QED) is 0.419. The molecule has 2 aromatic rings. The van der Waals surface area contributed by atoms with Gasteiger partial charge in [0.25, 0.3) is 5.78 Å². The molecule has 0 aromatic heterocycles. The largest absolute Gasteiger partial charge is 0.463 e. The predicted octanol–water partition coefficient (Wildman–Crippen LogP) is 3.06. The smallest absolute Gasteiger partial charge is 0.374 e. The van der Waals surface area contributed by atoms with Crippen LogP contribution in [0, 0.1) is 5.92 Å². The van der Waals surface area contributed by atoms with Crippen LogP contribution in [0.4, 0.5) is 0 Å². The van der Waals surface area contributed by atoms with Gasteiger partial charge in [0, 0.05) is 22.7 Å². The number of thiocarbonyl (C=S) groups is 1. The van der Waals surface area contributed by atoms with Crippen LogP contribution in [0.3, 0.4) is 0 Å². The Morgan fingerprint density at radius 2 is 1.62 bits per heavy atom. The van der Waals surface area contributed by atoms with E-state index in [4.69, 9.17) is 35.4 Å². The van der Waals surface area contributed by atoms with Crippen molar-refractivity contribution in [3.05, 3.63) is 69.7 Å². The summed E-state index contributed by atoms with van der Waals surface area (Å²) >= 11 is 17.4. The SMILES string of the molecule is COC(=O)C(=O)[C@@H]1[C@H](c2ccc(Cl)cc2)NC(=S)N(C)[C@]1(O)c1ccc(Cl)cc1. The Kier molecular flexibility index (Phi) is 6.14. The second-order valence-electron chi connectivity index (χ2n) is 6.60. The van der Waals surface area contributed by atoms with Gasteiger partial charge in [-0.2, -0.15) is 0 Å². The lowest BCUT2D eigenvalue weighted by atomic mass is 9.75. The van der Waals surface area contributed by atoms with Gasteiger partial charge in [-0.3, -0.25) is 4.79 Å². The summed E-state index contributed by atoms with van der Waals surface area (Å²) in [4.78, 5) is 26.6. The van der Waals surface area contributed by atoms with Crippen molar-refractivity contribution in [2.45, 2.75) is 11.8 Å². The van der Waals surface area contributed by atoms with Crippen LogP contribution in [-0.4, -0.2) is 41.0 Å². The molecule has 0 bridgehead atoms. The highest BCUT2D eigenvalue weighted by Crippen LogP contribution is 2.44. The number of ketones is 1. The zero-order valence-corrected chi connectivity index (χ0v) is 17.9. The Morgan fingerprint density at radius 1 is 1.10 bits per heavy atom. The van der Waals surface area contributed by atoms with Crippen LogP contribution >= 0.6 is 35.4 Å². The molecule has 1 heterocycles. The van der Waals surface area contributed by atoms with Gasteiger partial charge in [0.15, 0.2) is 10.8 Å². The molecule has 0 unspecified atom stereocenters. The molecule has 9 heteroatoms. The second-order valence-corrected chi connectivity index (χ2v) is 7.86. The van der Waals surface area contributed by atoms with Crippen molar-refractivity contribution < 1.29 is 19.4 Å². The number of hydrogen-bond donors (Lipinski definition) is 2. The van der Waals surface area contributed by atoms with E-state index in [0.717, 1.165) is 7.11 Å². The van der Waals surface area contributed by atoms with Crippen molar-refractivity contribution in [1.82, 2.24) is 10.2 Å². The number of Topliss-reactive ketones (excluding diaryl/α,β-unsaturated/α-hetero) is 1. The monoisotopic (exact) mass is 452 g/mol. The Balaban J connectivity index is 2.22. The molecular weight excluding hydrogens is 435 g/mol. The molecule has 1 aliphatic heterocycles. The maximum Gasteiger partial charge on any atom is 0.374 e. The van der Waals surface area contributed by atoms with E-state index in [2.05, 4.69) is 10.1 Å². The molecule has 152 valence electrons. The lowest BCUT2D eigenvalue weighted by Crippen LogP contribution is -2.66. The Hall–Kier alpha value is -2.19. The maximum atomic E-state index is 13.1. The number of nitrogens with one attached hydrogen (secondary N) is 1. The minimum absolute atomic E-state index is 0.205. The van der Waals surface area contributed by atoms with Crippen LogP contribution < -0.4 is 5.32 Å². The number of benzene rings is 2. The number of nitrogens with zero attached hydrogens (tertiary/aromatic N) is 1. The lowest BCUT2D eigenvalue weighted by molar-refractivity contribution is -0.173. The summed E-state index contributed by atoms with van der Waals surface area (Å²) in [5.41, 5.74) is -0.948. The van der Waals surface area contributed by atoms with E-state index in [9.17, 15) is 14.7 Å². The number of ether oxygens (including phenoxy) is 1. The molecule has 1 fully saturated rings. The summed E-state index contributed by atoms with van der Waals surface area (Å²) in [6.45, 7) is 0. The molecule has 0 radical (unpaired) electrons. The lowest BCUT2D eigenvalue weighted by Gasteiger charge is -2.51. The summed E-state index contributed by atoms with van der Waals surface area (Å²) in [5, 5.41) is 16.1. The van der Waals surface area contributed by atoms with Crippen LogP contribution in [0.25, 0.3) is 0 Å². The van der Waals surface area contributed by atoms with Gasteiger partial charge >= 0.3 is 5.97 Å². The summed E-state index contributed by atoms with van der Waals surface area (Å²) in [5.74, 6) is -3.23. The van der Waals surface area contributed by atoms with Gasteiger partial charge in [0.05, 0.1) is 13.2 Å². The van der Waals surface area contributed by atoms with E-state index in [1.165, 1.54) is 4.90 Å². The summed E-state index contributed by atoms with van der Waals surface area (Å²) in [6.07, 6.45) is 0. The van der Waals surface area contributed by atoms with Gasteiger partial charge in [0.2, 0.25) is 0 Å². The highest BCUT2D eigenvalue weighted by atomic mass is 35.5. The van der Waals surface area contributed by atoms with Crippen molar-refractivity contribution >= 4 is 52.3 Å². The standard InChI is InChI=1S/C20H18Cl2N2O4S/c1-24-19(29)23-16(11-3-7-13(21)8-4-11)15(17(25)18(26)28-2)20(24,27)12-5-9-14(22)10-6-12/h3-10,15-16,27H,1-2H3,(H,23,29)/t15-,16-,20-/m0/s1. The highest BCUT2D eigenvalue weighted by molar-refractivity contribution is 7.80. The number of rotatable bonds is 4. The molecule has 3 rings (SSSR count). The Morgan fingerprint density at radius 3 is 2.14 bits per heavy atom. The van der Waals surface area contributed by atoms with E-state index in [1.807, 2.05) is 0 Å². The predicted molar refractivity (Wildman–Crippen MR) is 114 cm³/mol. The second kappa shape index (κ2) is 8.28. The summed E-state index contributed by atoms with van der Waals surface area (Å²) in [7, 11) is 2.66. The third-order valence-corrected chi connectivity index (χ3v) is 5.92. The van der Waals surface area contributed by atoms with Crippen molar-refractivity contribution in [2.24, 2.45) is 5.92 Å². The van der Waals surface area contributed by atoms with E-state index in [-0.39, 0.29) is 5.11 Å². The fraction of sp³-hybridized carbons (Fsp3) is 0.250. The minimum Gasteiger partial charge on any atom is -0.463 e. The van der Waals surface area contributed by atoms with Gasteiger partial charge < -0.3 is 20.1 Å². The Labute approximate surface area is 183 Å². The van der Waals surface area contributed by atoms with Crippen molar-refractivity contribution in [3.8, 4) is 0 Å². The molecule has 0 spiro atoms. The number of methoxy groups -OCH3 is 1. The fourth-order valence-corrected chi connectivity index (χ4v) is 4.00. The van der Waals surface area contributed by atoms with E-state index in [0.29, 0.717) is 21.2 Å². The number of carbonyl (C=O) groups excluding carboxylic acids is 2. The number of aliphatic hydroxyl groups is 1. The normalized spacial score (nSPS) is 24.0. The molecular formula is C20H18Cl2N2O4S. The Bertz CT molecular complexity index is 952. The van der Waals surface area contributed by atoms with Gasteiger partial charge in [-0.1, -0.05) is 47.5 Å². The first-order valence-corrected chi connectivity index (χ1v) is 9.77. The van der Waals surface area contributed by atoms with Crippen LogP contribution in [0.1, 0.15) is 17.2 Å². The topological polar surface area (TPSA) is 78.9 Å². The number of halogens is 2. The zero-order valence-electron chi connectivity index (χ0n) is 15.6. The van der Waals surface area contributed by atoms with Crippen molar-refractivity contribution in [1.29, 1.82) is 0 Å². The average molecular weight is 453 g/mol. The first kappa shape index (κ1) is 21.5. The van der Waals surface area contributed by atoms with Gasteiger partial charge in [-0.05, 0) is 42.0 Å². The summed E-state index contributed by atoms with van der Waals surface area (Å²) < 4.78 is 4.66. The molecule has 6 nitrogen and oxygen atoms in total. The maximum absolute atomic E-state index is 13.1. The van der Waals surface area contributed by atoms with Crippen molar-refractivity contribution in [3.63, 3.8) is 0 Å². The van der Waals surface area contributed by atoms with Crippen LogP contribution in [0.2, 0.25) is 10.0 Å². The molecule has 3 atom stereocenters. The van der Waals surface area contributed by atoms with Crippen LogP contribution in [0.15, 0.2) is 48.5 Å². The van der Waals surface area contributed by atoms with Crippen LogP contribution in [-0.2, 0) is 20.1 Å². The van der Waals surface area contributed by atoms with E-state index in [1.54, 1.807) is 55.6 Å². The van der Waals surface area contributed by atoms with Gasteiger partial charge in [0.1, 0.15) is 5.92 Å². The molecule has 0 aliphatic carbocycles. The van der Waals surface area contributed by atoms with Crippen molar-refractivity contribution in [2.75, 3.05) is 14.2 Å².